The first-order valence-electron chi connectivity index (χ1n) is 14.6. The SMILES string of the molecule is C=C(SCC(=S)Nc1ccc(C)cc1)N(CCc1ccccc1)C(=NC)c1cc(SC)c(CC)c(SC)c1.CC.CC. The van der Waals surface area contributed by atoms with Crippen LogP contribution in [0.25, 0.3) is 0 Å². The first-order chi connectivity index (χ1) is 20.4. The van der Waals surface area contributed by atoms with Crippen LogP contribution in [0.4, 0.5) is 5.69 Å². The normalized spacial score (nSPS) is 10.5. The van der Waals surface area contributed by atoms with E-state index in [2.05, 4.69) is 110 Å². The monoisotopic (exact) mass is 639 g/mol. The van der Waals surface area contributed by atoms with Gasteiger partial charge in [-0.3, -0.25) is 4.99 Å². The highest BCUT2D eigenvalue weighted by atomic mass is 32.2. The van der Waals surface area contributed by atoms with E-state index in [0.717, 1.165) is 46.5 Å². The molecule has 1 N–H and O–H groups in total. The molecule has 0 atom stereocenters. The van der Waals surface area contributed by atoms with Gasteiger partial charge in [-0.2, -0.15) is 0 Å². The van der Waals surface area contributed by atoms with Crippen molar-refractivity contribution in [3.8, 4) is 0 Å². The van der Waals surface area contributed by atoms with Crippen LogP contribution in [-0.4, -0.2) is 47.6 Å². The predicted octanol–water partition coefficient (Wildman–Crippen LogP) is 10.6. The first-order valence-corrected chi connectivity index (χ1v) is 18.5. The Balaban J connectivity index is 0.00000211. The zero-order chi connectivity index (χ0) is 31.5. The molecule has 3 nitrogen and oxygen atoms in total. The third-order valence-corrected chi connectivity index (χ3v) is 9.18. The van der Waals surface area contributed by atoms with Gasteiger partial charge in [0, 0.05) is 34.6 Å². The average molecular weight is 640 g/mol. The van der Waals surface area contributed by atoms with E-state index in [1.807, 2.05) is 34.7 Å². The second-order valence-corrected chi connectivity index (χ2v) is 12.0. The lowest BCUT2D eigenvalue weighted by Crippen LogP contribution is -2.32. The van der Waals surface area contributed by atoms with Gasteiger partial charge in [0.1, 0.15) is 5.84 Å². The molecule has 0 bridgehead atoms. The fraction of sp³-hybridized carbons (Fsp3) is 0.371. The minimum atomic E-state index is 0.641. The van der Waals surface area contributed by atoms with Crippen molar-refractivity contribution in [1.29, 1.82) is 0 Å². The van der Waals surface area contributed by atoms with Crippen molar-refractivity contribution in [2.24, 2.45) is 4.99 Å². The molecular formula is C35H49N3S4. The summed E-state index contributed by atoms with van der Waals surface area (Å²) < 4.78 is 0. The minimum absolute atomic E-state index is 0.641. The van der Waals surface area contributed by atoms with Crippen molar-refractivity contribution < 1.29 is 0 Å². The van der Waals surface area contributed by atoms with Gasteiger partial charge in [0.05, 0.1) is 15.8 Å². The molecule has 0 radical (unpaired) electrons. The van der Waals surface area contributed by atoms with Crippen LogP contribution in [-0.2, 0) is 12.8 Å². The van der Waals surface area contributed by atoms with Gasteiger partial charge in [-0.25, -0.2) is 0 Å². The van der Waals surface area contributed by atoms with Crippen LogP contribution in [0.3, 0.4) is 0 Å². The zero-order valence-electron chi connectivity index (χ0n) is 26.9. The van der Waals surface area contributed by atoms with Crippen LogP contribution in [0.1, 0.15) is 56.9 Å². The summed E-state index contributed by atoms with van der Waals surface area (Å²) in [5.74, 6) is 1.57. The number of anilines is 1. The van der Waals surface area contributed by atoms with Gasteiger partial charge in [-0.1, -0.05) is 101 Å². The smallest absolute Gasteiger partial charge is 0.135 e. The van der Waals surface area contributed by atoms with Crippen LogP contribution in [0, 0.1) is 6.92 Å². The largest absolute Gasteiger partial charge is 0.349 e. The standard InChI is InChI=1S/C31H37N3S4.2C2H6/c1-7-27-28(36-5)19-25(20-29(27)37-6)31(32-4)34(18-17-24-11-9-8-10-12-24)23(3)38-21-30(35)33-26-15-13-22(2)14-16-26;2*1-2/h8-16,19-20H,3,7,17-18,21H2,1-2,4-6H3,(H,33,35);2*1-2H3. The van der Waals surface area contributed by atoms with E-state index >= 15 is 0 Å². The highest BCUT2D eigenvalue weighted by molar-refractivity contribution is 8.04. The molecule has 0 aliphatic rings. The van der Waals surface area contributed by atoms with E-state index in [4.69, 9.17) is 17.2 Å². The topological polar surface area (TPSA) is 27.6 Å². The third kappa shape index (κ3) is 11.8. The van der Waals surface area contributed by atoms with Crippen molar-refractivity contribution in [3.63, 3.8) is 0 Å². The summed E-state index contributed by atoms with van der Waals surface area (Å²) in [5, 5.41) is 4.29. The molecule has 0 spiro atoms. The van der Waals surface area contributed by atoms with E-state index in [0.29, 0.717) is 5.75 Å². The van der Waals surface area contributed by atoms with Crippen molar-refractivity contribution in [2.45, 2.75) is 64.2 Å². The van der Waals surface area contributed by atoms with Gasteiger partial charge in [0.2, 0.25) is 0 Å². The maximum Gasteiger partial charge on any atom is 0.135 e. The summed E-state index contributed by atoms with van der Waals surface area (Å²) in [6, 6.07) is 23.4. The summed E-state index contributed by atoms with van der Waals surface area (Å²) in [5.41, 5.74) is 6.05. The molecule has 0 aliphatic carbocycles. The van der Waals surface area contributed by atoms with Crippen molar-refractivity contribution in [3.05, 3.63) is 101 Å². The van der Waals surface area contributed by atoms with Gasteiger partial charge in [-0.05, 0) is 67.7 Å². The Morgan fingerprint density at radius 1 is 0.929 bits per heavy atom. The third-order valence-electron chi connectivity index (χ3n) is 6.16. The molecule has 3 rings (SSSR count). The fourth-order valence-corrected chi connectivity index (χ4v) is 6.72. The summed E-state index contributed by atoms with van der Waals surface area (Å²) >= 11 is 10.9. The first kappa shape index (κ1) is 37.8. The van der Waals surface area contributed by atoms with E-state index in [9.17, 15) is 0 Å². The molecule has 42 heavy (non-hydrogen) atoms. The van der Waals surface area contributed by atoms with E-state index in [1.54, 1.807) is 35.3 Å². The lowest BCUT2D eigenvalue weighted by atomic mass is 10.1. The van der Waals surface area contributed by atoms with Crippen LogP contribution in [0.2, 0.25) is 0 Å². The molecule has 0 amide bonds. The molecule has 0 saturated carbocycles. The number of aliphatic imine (C=N–C) groups is 1. The zero-order valence-corrected chi connectivity index (χ0v) is 30.2. The number of benzene rings is 3. The average Bonchev–Trinajstić information content (AvgIpc) is 3.04. The molecule has 0 aliphatic heterocycles. The maximum absolute atomic E-state index is 5.67. The molecule has 3 aromatic carbocycles. The Morgan fingerprint density at radius 2 is 1.50 bits per heavy atom. The molecule has 0 saturated heterocycles. The fourth-order valence-electron chi connectivity index (χ4n) is 4.16. The highest BCUT2D eigenvalue weighted by Crippen LogP contribution is 2.33. The predicted molar refractivity (Wildman–Crippen MR) is 200 cm³/mol. The summed E-state index contributed by atoms with van der Waals surface area (Å²) in [6.45, 7) is 17.6. The van der Waals surface area contributed by atoms with Gasteiger partial charge >= 0.3 is 0 Å². The molecular weight excluding hydrogens is 591 g/mol. The second kappa shape index (κ2) is 21.5. The molecule has 3 aromatic rings. The number of rotatable bonds is 12. The Hall–Kier alpha value is -2.19. The maximum atomic E-state index is 5.67. The van der Waals surface area contributed by atoms with E-state index in [-0.39, 0.29) is 0 Å². The number of nitrogens with one attached hydrogen (secondary N) is 1. The Labute approximate surface area is 274 Å². The Bertz CT molecular complexity index is 1230. The number of thiocarbonyl (C=S) groups is 1. The van der Waals surface area contributed by atoms with E-state index < -0.39 is 0 Å². The van der Waals surface area contributed by atoms with Gasteiger partial charge in [0.25, 0.3) is 0 Å². The van der Waals surface area contributed by atoms with Gasteiger partial charge in [0.15, 0.2) is 0 Å². The molecule has 7 heteroatoms. The van der Waals surface area contributed by atoms with Crippen LogP contribution >= 0.6 is 47.5 Å². The van der Waals surface area contributed by atoms with Gasteiger partial charge < -0.3 is 10.2 Å². The second-order valence-electron chi connectivity index (χ2n) is 8.74. The number of hydrogen-bond donors (Lipinski definition) is 1. The molecule has 0 unspecified atom stereocenters. The van der Waals surface area contributed by atoms with Crippen LogP contribution in [0.5, 0.6) is 0 Å². The lowest BCUT2D eigenvalue weighted by Gasteiger charge is -2.29. The molecule has 0 fully saturated rings. The van der Waals surface area contributed by atoms with Gasteiger partial charge in [-0.15, -0.1) is 35.3 Å². The molecule has 228 valence electrons. The summed E-state index contributed by atoms with van der Waals surface area (Å²) in [7, 11) is 1.87. The number of thioether (sulfide) groups is 3. The Morgan fingerprint density at radius 3 is 2.00 bits per heavy atom. The van der Waals surface area contributed by atoms with E-state index in [1.165, 1.54) is 26.5 Å². The number of nitrogens with zero attached hydrogens (tertiary/aromatic N) is 2. The van der Waals surface area contributed by atoms with Crippen molar-refractivity contribution in [1.82, 2.24) is 4.90 Å². The van der Waals surface area contributed by atoms with Crippen molar-refractivity contribution >= 4 is 64.0 Å². The number of hydrogen-bond acceptors (Lipinski definition) is 5. The summed E-state index contributed by atoms with van der Waals surface area (Å²) in [6.07, 6.45) is 6.20. The molecule has 0 aromatic heterocycles. The number of aryl methyl sites for hydroxylation is 1. The lowest BCUT2D eigenvalue weighted by molar-refractivity contribution is 0.547. The quantitative estimate of drug-likeness (QED) is 0.0917. The van der Waals surface area contributed by atoms with Crippen molar-refractivity contribution in [2.75, 3.05) is 37.2 Å². The number of amidine groups is 1. The van der Waals surface area contributed by atoms with Crippen LogP contribution in [0.15, 0.2) is 93.1 Å². The highest BCUT2D eigenvalue weighted by Gasteiger charge is 2.20. The Kier molecular flexibility index (Phi) is 19.4. The van der Waals surface area contributed by atoms with Crippen LogP contribution < -0.4 is 5.32 Å². The molecule has 0 heterocycles. The minimum Gasteiger partial charge on any atom is -0.349 e. The summed E-state index contributed by atoms with van der Waals surface area (Å²) in [4.78, 5) is 10.4.